The third-order valence-corrected chi connectivity index (χ3v) is 2.88. The van der Waals surface area contributed by atoms with Crippen LogP contribution in [0.2, 0.25) is 0 Å². The van der Waals surface area contributed by atoms with Crippen molar-refractivity contribution in [2.75, 3.05) is 0 Å². The SMILES string of the molecule is O=C1N[C@H](c2cc(F)ccc2F)Oc2ccccc21. The van der Waals surface area contributed by atoms with Crippen LogP contribution in [0.25, 0.3) is 0 Å². The number of nitrogens with one attached hydrogen (secondary N) is 1. The second-order valence-electron chi connectivity index (χ2n) is 4.13. The molecule has 2 aromatic rings. The van der Waals surface area contributed by atoms with E-state index >= 15 is 0 Å². The van der Waals surface area contributed by atoms with Gasteiger partial charge in [-0.1, -0.05) is 12.1 Å². The minimum Gasteiger partial charge on any atom is -0.465 e. The van der Waals surface area contributed by atoms with Gasteiger partial charge in [0.05, 0.1) is 11.1 Å². The van der Waals surface area contributed by atoms with E-state index in [1.165, 1.54) is 0 Å². The van der Waals surface area contributed by atoms with E-state index in [9.17, 15) is 13.6 Å². The fraction of sp³-hybridized carbons (Fsp3) is 0.0714. The molecule has 0 unspecified atom stereocenters. The molecule has 3 nitrogen and oxygen atoms in total. The van der Waals surface area contributed by atoms with Gasteiger partial charge in [-0.05, 0) is 30.3 Å². The minimum absolute atomic E-state index is 0.0390. The molecule has 96 valence electrons. The smallest absolute Gasteiger partial charge is 0.258 e. The van der Waals surface area contributed by atoms with E-state index in [4.69, 9.17) is 4.74 Å². The molecule has 1 heterocycles. The molecule has 0 saturated carbocycles. The zero-order valence-electron chi connectivity index (χ0n) is 9.69. The van der Waals surface area contributed by atoms with Gasteiger partial charge in [-0.3, -0.25) is 4.79 Å². The molecule has 5 heteroatoms. The molecule has 19 heavy (non-hydrogen) atoms. The number of amides is 1. The maximum atomic E-state index is 13.7. The Morgan fingerprint density at radius 1 is 1.11 bits per heavy atom. The number of hydrogen-bond donors (Lipinski definition) is 1. The van der Waals surface area contributed by atoms with Gasteiger partial charge in [0.2, 0.25) is 6.23 Å². The molecule has 0 radical (unpaired) electrons. The number of halogens is 2. The Morgan fingerprint density at radius 3 is 2.74 bits per heavy atom. The highest BCUT2D eigenvalue weighted by molar-refractivity contribution is 5.97. The van der Waals surface area contributed by atoms with Crippen molar-refractivity contribution in [1.82, 2.24) is 5.32 Å². The van der Waals surface area contributed by atoms with Crippen molar-refractivity contribution in [2.45, 2.75) is 6.23 Å². The van der Waals surface area contributed by atoms with Crippen molar-refractivity contribution in [1.29, 1.82) is 0 Å². The molecule has 2 aromatic carbocycles. The van der Waals surface area contributed by atoms with Gasteiger partial charge in [0.1, 0.15) is 17.4 Å². The largest absolute Gasteiger partial charge is 0.465 e. The molecule has 0 aliphatic carbocycles. The highest BCUT2D eigenvalue weighted by Crippen LogP contribution is 2.30. The average molecular weight is 261 g/mol. The van der Waals surface area contributed by atoms with Crippen molar-refractivity contribution in [3.8, 4) is 5.75 Å². The van der Waals surface area contributed by atoms with Gasteiger partial charge in [0, 0.05) is 0 Å². The minimum atomic E-state index is -1.03. The number of fused-ring (bicyclic) bond motifs is 1. The molecule has 1 aliphatic heterocycles. The van der Waals surface area contributed by atoms with E-state index in [-0.39, 0.29) is 11.5 Å². The van der Waals surface area contributed by atoms with Gasteiger partial charge >= 0.3 is 0 Å². The molecular formula is C14H9F2NO2. The highest BCUT2D eigenvalue weighted by atomic mass is 19.1. The fourth-order valence-electron chi connectivity index (χ4n) is 1.97. The lowest BCUT2D eigenvalue weighted by Crippen LogP contribution is -2.37. The van der Waals surface area contributed by atoms with Gasteiger partial charge in [0.25, 0.3) is 5.91 Å². The molecule has 0 bridgehead atoms. The van der Waals surface area contributed by atoms with Crippen molar-refractivity contribution in [2.24, 2.45) is 0 Å². The Morgan fingerprint density at radius 2 is 1.89 bits per heavy atom. The molecule has 0 fully saturated rings. The topological polar surface area (TPSA) is 38.3 Å². The average Bonchev–Trinajstić information content (AvgIpc) is 2.41. The van der Waals surface area contributed by atoms with E-state index in [0.717, 1.165) is 18.2 Å². The van der Waals surface area contributed by atoms with Crippen LogP contribution in [0.1, 0.15) is 22.1 Å². The molecule has 1 N–H and O–H groups in total. The lowest BCUT2D eigenvalue weighted by molar-refractivity contribution is 0.0749. The number of rotatable bonds is 1. The summed E-state index contributed by atoms with van der Waals surface area (Å²) in [5, 5.41) is 2.49. The van der Waals surface area contributed by atoms with Gasteiger partial charge < -0.3 is 10.1 Å². The van der Waals surface area contributed by atoms with Crippen LogP contribution in [-0.4, -0.2) is 5.91 Å². The summed E-state index contributed by atoms with van der Waals surface area (Å²) in [6.45, 7) is 0. The number of para-hydroxylation sites is 1. The maximum absolute atomic E-state index is 13.7. The van der Waals surface area contributed by atoms with Gasteiger partial charge in [-0.25, -0.2) is 8.78 Å². The summed E-state index contributed by atoms with van der Waals surface area (Å²) in [4.78, 5) is 11.9. The van der Waals surface area contributed by atoms with Crippen LogP contribution in [0.3, 0.4) is 0 Å². The Hall–Kier alpha value is -2.43. The van der Waals surface area contributed by atoms with Crippen LogP contribution in [0, 0.1) is 11.6 Å². The third-order valence-electron chi connectivity index (χ3n) is 2.88. The molecule has 0 aromatic heterocycles. The van der Waals surface area contributed by atoms with Crippen LogP contribution in [0.4, 0.5) is 8.78 Å². The van der Waals surface area contributed by atoms with Crippen molar-refractivity contribution >= 4 is 5.91 Å². The van der Waals surface area contributed by atoms with E-state index in [0.29, 0.717) is 11.3 Å². The van der Waals surface area contributed by atoms with Crippen molar-refractivity contribution < 1.29 is 18.3 Å². The molecule has 0 spiro atoms. The van der Waals surface area contributed by atoms with Crippen molar-refractivity contribution in [3.05, 3.63) is 65.2 Å². The van der Waals surface area contributed by atoms with Crippen LogP contribution < -0.4 is 10.1 Å². The number of carbonyl (C=O) groups is 1. The lowest BCUT2D eigenvalue weighted by atomic mass is 10.1. The second kappa shape index (κ2) is 4.35. The first-order valence-electron chi connectivity index (χ1n) is 5.66. The molecular weight excluding hydrogens is 252 g/mol. The predicted octanol–water partition coefficient (Wildman–Crippen LogP) is 2.79. The quantitative estimate of drug-likeness (QED) is 0.857. The third kappa shape index (κ3) is 2.03. The summed E-state index contributed by atoms with van der Waals surface area (Å²) in [6, 6.07) is 9.63. The summed E-state index contributed by atoms with van der Waals surface area (Å²) in [6.07, 6.45) is -1.03. The maximum Gasteiger partial charge on any atom is 0.258 e. The highest BCUT2D eigenvalue weighted by Gasteiger charge is 2.28. The number of carbonyl (C=O) groups excluding carboxylic acids is 1. The first kappa shape index (κ1) is 11.6. The molecule has 1 aliphatic rings. The zero-order chi connectivity index (χ0) is 13.4. The molecule has 1 atom stereocenters. The predicted molar refractivity (Wildman–Crippen MR) is 63.6 cm³/mol. The normalized spacial score (nSPS) is 17.4. The number of benzene rings is 2. The lowest BCUT2D eigenvalue weighted by Gasteiger charge is -2.27. The Balaban J connectivity index is 2.01. The fourth-order valence-corrected chi connectivity index (χ4v) is 1.97. The number of hydrogen-bond acceptors (Lipinski definition) is 2. The second-order valence-corrected chi connectivity index (χ2v) is 4.13. The van der Waals surface area contributed by atoms with Crippen molar-refractivity contribution in [3.63, 3.8) is 0 Å². The van der Waals surface area contributed by atoms with Crippen LogP contribution in [-0.2, 0) is 0 Å². The zero-order valence-corrected chi connectivity index (χ0v) is 9.69. The van der Waals surface area contributed by atoms with E-state index in [1.54, 1.807) is 24.3 Å². The van der Waals surface area contributed by atoms with Gasteiger partial charge in [-0.2, -0.15) is 0 Å². The van der Waals surface area contributed by atoms with Gasteiger partial charge in [0.15, 0.2) is 0 Å². The first-order chi connectivity index (χ1) is 9.15. The van der Waals surface area contributed by atoms with Crippen LogP contribution in [0.15, 0.2) is 42.5 Å². The summed E-state index contributed by atoms with van der Waals surface area (Å²) < 4.78 is 32.3. The summed E-state index contributed by atoms with van der Waals surface area (Å²) in [5.41, 5.74) is 0.332. The Bertz CT molecular complexity index is 658. The van der Waals surface area contributed by atoms with E-state index in [2.05, 4.69) is 5.32 Å². The standard InChI is InChI=1S/C14H9F2NO2/c15-8-5-6-11(16)10(7-8)14-17-13(18)9-3-1-2-4-12(9)19-14/h1-7,14H,(H,17,18)/t14-/m0/s1. The van der Waals surface area contributed by atoms with E-state index in [1.807, 2.05) is 0 Å². The molecule has 1 amide bonds. The van der Waals surface area contributed by atoms with E-state index < -0.39 is 17.9 Å². The monoisotopic (exact) mass is 261 g/mol. The summed E-state index contributed by atoms with van der Waals surface area (Å²) in [5.74, 6) is -1.25. The summed E-state index contributed by atoms with van der Waals surface area (Å²) >= 11 is 0. The van der Waals surface area contributed by atoms with Crippen LogP contribution >= 0.6 is 0 Å². The molecule has 3 rings (SSSR count). The summed E-state index contributed by atoms with van der Waals surface area (Å²) in [7, 11) is 0. The number of ether oxygens (including phenoxy) is 1. The Kier molecular flexibility index (Phi) is 2.67. The van der Waals surface area contributed by atoms with Crippen LogP contribution in [0.5, 0.6) is 5.75 Å². The Labute approximate surface area is 107 Å². The van der Waals surface area contributed by atoms with Gasteiger partial charge in [-0.15, -0.1) is 0 Å². The first-order valence-corrected chi connectivity index (χ1v) is 5.66. The molecule has 0 saturated heterocycles.